The number of imidazole rings is 1. The summed E-state index contributed by atoms with van der Waals surface area (Å²) < 4.78 is 5.65. The third-order valence-electron chi connectivity index (χ3n) is 2.85. The van der Waals surface area contributed by atoms with Crippen LogP contribution >= 0.6 is 0 Å². The Hall–Kier alpha value is -2.54. The molecule has 4 nitrogen and oxygen atoms in total. The molecule has 88 valence electrons. The van der Waals surface area contributed by atoms with Crippen LogP contribution in [0.25, 0.3) is 22.6 Å². The Morgan fingerprint density at radius 3 is 2.94 bits per heavy atom. The summed E-state index contributed by atoms with van der Waals surface area (Å²) in [6, 6.07) is 11.3. The fourth-order valence-electron chi connectivity index (χ4n) is 1.89. The van der Waals surface area contributed by atoms with Gasteiger partial charge in [-0.15, -0.1) is 0 Å². The highest BCUT2D eigenvalue weighted by Crippen LogP contribution is 2.23. The predicted octanol–water partition coefficient (Wildman–Crippen LogP) is 3.26. The van der Waals surface area contributed by atoms with Crippen molar-refractivity contribution in [2.75, 3.05) is 0 Å². The second-order valence-corrected chi connectivity index (χ2v) is 4.05. The lowest BCUT2D eigenvalue weighted by Crippen LogP contribution is -1.75. The summed E-state index contributed by atoms with van der Waals surface area (Å²) in [5, 5.41) is 8.85. The van der Waals surface area contributed by atoms with Gasteiger partial charge in [0.25, 0.3) is 0 Å². The van der Waals surface area contributed by atoms with Gasteiger partial charge in [-0.05, 0) is 30.3 Å². The Labute approximate surface area is 104 Å². The number of nitrogens with one attached hydrogen (secondary N) is 1. The van der Waals surface area contributed by atoms with Gasteiger partial charge in [-0.2, -0.15) is 5.26 Å². The maximum absolute atomic E-state index is 8.85. The molecule has 0 saturated carbocycles. The number of benzene rings is 1. The Balaban J connectivity index is 2.10. The molecule has 0 fully saturated rings. The van der Waals surface area contributed by atoms with Gasteiger partial charge in [-0.1, -0.05) is 6.92 Å². The monoisotopic (exact) mass is 237 g/mol. The Kier molecular flexibility index (Phi) is 2.38. The molecule has 3 rings (SSSR count). The van der Waals surface area contributed by atoms with Crippen LogP contribution < -0.4 is 0 Å². The first-order chi connectivity index (χ1) is 8.80. The number of nitrogens with zero attached hydrogens (tertiary/aromatic N) is 2. The topological polar surface area (TPSA) is 65.6 Å². The maximum Gasteiger partial charge on any atom is 0.174 e. The average Bonchev–Trinajstić information content (AvgIpc) is 3.03. The van der Waals surface area contributed by atoms with Crippen molar-refractivity contribution in [2.24, 2.45) is 0 Å². The highest BCUT2D eigenvalue weighted by Gasteiger charge is 2.09. The van der Waals surface area contributed by atoms with Crippen LogP contribution in [0, 0.1) is 11.3 Å². The number of nitriles is 1. The van der Waals surface area contributed by atoms with Crippen LogP contribution in [0.3, 0.4) is 0 Å². The van der Waals surface area contributed by atoms with Gasteiger partial charge < -0.3 is 9.40 Å². The first kappa shape index (κ1) is 10.6. The van der Waals surface area contributed by atoms with Crippen molar-refractivity contribution in [1.29, 1.82) is 5.26 Å². The van der Waals surface area contributed by atoms with Crippen molar-refractivity contribution in [3.8, 4) is 17.7 Å². The molecule has 0 bridgehead atoms. The molecule has 3 aromatic rings. The normalized spacial score (nSPS) is 10.7. The molecule has 2 aromatic heterocycles. The van der Waals surface area contributed by atoms with Gasteiger partial charge in [-0.25, -0.2) is 4.98 Å². The Morgan fingerprint density at radius 2 is 2.22 bits per heavy atom. The second-order valence-electron chi connectivity index (χ2n) is 4.05. The summed E-state index contributed by atoms with van der Waals surface area (Å²) in [5.74, 6) is 2.35. The number of aryl methyl sites for hydroxylation is 1. The van der Waals surface area contributed by atoms with Crippen molar-refractivity contribution in [1.82, 2.24) is 9.97 Å². The number of furan rings is 1. The number of rotatable bonds is 2. The van der Waals surface area contributed by atoms with Gasteiger partial charge in [0.05, 0.1) is 22.7 Å². The molecule has 0 atom stereocenters. The van der Waals surface area contributed by atoms with E-state index in [1.54, 1.807) is 12.1 Å². The summed E-state index contributed by atoms with van der Waals surface area (Å²) in [6.07, 6.45) is 0.860. The molecule has 1 aromatic carbocycles. The fourth-order valence-corrected chi connectivity index (χ4v) is 1.89. The second kappa shape index (κ2) is 4.04. The van der Waals surface area contributed by atoms with E-state index in [1.165, 1.54) is 0 Å². The van der Waals surface area contributed by atoms with Gasteiger partial charge in [0.1, 0.15) is 5.76 Å². The molecule has 1 N–H and O–H groups in total. The smallest absolute Gasteiger partial charge is 0.174 e. The lowest BCUT2D eigenvalue weighted by molar-refractivity contribution is 0.526. The quantitative estimate of drug-likeness (QED) is 0.743. The molecule has 0 saturated heterocycles. The van der Waals surface area contributed by atoms with E-state index < -0.39 is 0 Å². The largest absolute Gasteiger partial charge is 0.458 e. The van der Waals surface area contributed by atoms with Crippen molar-refractivity contribution >= 4 is 11.0 Å². The molecule has 18 heavy (non-hydrogen) atoms. The molecule has 0 amide bonds. The Bertz CT molecular complexity index is 746. The predicted molar refractivity (Wildman–Crippen MR) is 67.9 cm³/mol. The number of hydrogen-bond acceptors (Lipinski definition) is 3. The SMILES string of the molecule is CCc1ccc(-c2nc3ccc(C#N)cc3[nH]2)o1. The van der Waals surface area contributed by atoms with E-state index in [-0.39, 0.29) is 0 Å². The summed E-state index contributed by atoms with van der Waals surface area (Å²) in [6.45, 7) is 2.04. The highest BCUT2D eigenvalue weighted by atomic mass is 16.3. The van der Waals surface area contributed by atoms with Gasteiger partial charge in [0, 0.05) is 6.42 Å². The van der Waals surface area contributed by atoms with Crippen LogP contribution in [-0.4, -0.2) is 9.97 Å². The van der Waals surface area contributed by atoms with Gasteiger partial charge in [0.15, 0.2) is 11.6 Å². The van der Waals surface area contributed by atoms with E-state index >= 15 is 0 Å². The molecule has 0 aliphatic rings. The van der Waals surface area contributed by atoms with Crippen molar-refractivity contribution < 1.29 is 4.42 Å². The summed E-state index contributed by atoms with van der Waals surface area (Å²) in [7, 11) is 0. The van der Waals surface area contributed by atoms with Gasteiger partial charge >= 0.3 is 0 Å². The molecule has 4 heteroatoms. The molecular weight excluding hydrogens is 226 g/mol. The van der Waals surface area contributed by atoms with Crippen LogP contribution in [0.4, 0.5) is 0 Å². The standard InChI is InChI=1S/C14H11N3O/c1-2-10-4-6-13(18-10)14-16-11-5-3-9(8-15)7-12(11)17-14/h3-7H,2H2,1H3,(H,16,17). The minimum absolute atomic E-state index is 0.617. The molecule has 0 radical (unpaired) electrons. The molecule has 0 aliphatic carbocycles. The number of hydrogen-bond donors (Lipinski definition) is 1. The summed E-state index contributed by atoms with van der Waals surface area (Å²) in [4.78, 5) is 7.62. The zero-order valence-corrected chi connectivity index (χ0v) is 9.90. The van der Waals surface area contributed by atoms with Crippen LogP contribution in [-0.2, 0) is 6.42 Å². The Morgan fingerprint density at radius 1 is 1.33 bits per heavy atom. The fraction of sp³-hybridized carbons (Fsp3) is 0.143. The number of H-pyrrole nitrogens is 1. The molecule has 2 heterocycles. The molecule has 0 unspecified atom stereocenters. The van der Waals surface area contributed by atoms with Gasteiger partial charge in [0.2, 0.25) is 0 Å². The van der Waals surface area contributed by atoms with Crippen LogP contribution in [0.15, 0.2) is 34.7 Å². The van der Waals surface area contributed by atoms with Crippen LogP contribution in [0.2, 0.25) is 0 Å². The highest BCUT2D eigenvalue weighted by molar-refractivity contribution is 5.79. The van der Waals surface area contributed by atoms with E-state index in [1.807, 2.05) is 25.1 Å². The molecular formula is C14H11N3O. The molecule has 0 aliphatic heterocycles. The van der Waals surface area contributed by atoms with Crippen molar-refractivity contribution in [3.05, 3.63) is 41.7 Å². The summed E-state index contributed by atoms with van der Waals surface area (Å²) in [5.41, 5.74) is 2.29. The van der Waals surface area contributed by atoms with Crippen molar-refractivity contribution in [3.63, 3.8) is 0 Å². The first-order valence-electron chi connectivity index (χ1n) is 5.79. The third kappa shape index (κ3) is 1.66. The lowest BCUT2D eigenvalue weighted by Gasteiger charge is -1.89. The van der Waals surface area contributed by atoms with Gasteiger partial charge in [-0.3, -0.25) is 0 Å². The van der Waals surface area contributed by atoms with Crippen LogP contribution in [0.1, 0.15) is 18.2 Å². The maximum atomic E-state index is 8.85. The minimum Gasteiger partial charge on any atom is -0.458 e. The number of aromatic amines is 1. The third-order valence-corrected chi connectivity index (χ3v) is 2.85. The molecule has 0 spiro atoms. The number of aromatic nitrogens is 2. The van der Waals surface area contributed by atoms with E-state index in [0.717, 1.165) is 29.0 Å². The van der Waals surface area contributed by atoms with Crippen molar-refractivity contribution in [2.45, 2.75) is 13.3 Å². The zero-order chi connectivity index (χ0) is 12.5. The van der Waals surface area contributed by atoms with E-state index in [9.17, 15) is 0 Å². The van der Waals surface area contributed by atoms with E-state index in [4.69, 9.17) is 9.68 Å². The first-order valence-corrected chi connectivity index (χ1v) is 5.79. The zero-order valence-electron chi connectivity index (χ0n) is 9.90. The average molecular weight is 237 g/mol. The lowest BCUT2D eigenvalue weighted by atomic mass is 10.2. The van der Waals surface area contributed by atoms with E-state index in [0.29, 0.717) is 11.4 Å². The van der Waals surface area contributed by atoms with Crippen LogP contribution in [0.5, 0.6) is 0 Å². The van der Waals surface area contributed by atoms with E-state index in [2.05, 4.69) is 16.0 Å². The summed E-state index contributed by atoms with van der Waals surface area (Å²) >= 11 is 0. The number of fused-ring (bicyclic) bond motifs is 1. The minimum atomic E-state index is 0.617.